The minimum Gasteiger partial charge on any atom is -0.480 e. The molecule has 1 N–H and O–H groups in total. The fourth-order valence-corrected chi connectivity index (χ4v) is 4.11. The fourth-order valence-electron chi connectivity index (χ4n) is 4.11. The number of benzene rings is 2. The standard InChI is InChI=1S/C21H14F4N2O6/c22-14-4-2-1-3-11(14)9-27-16(28)8-20(19(27)32)13-7-12(33-21(23,24)25)5-6-15(13)26(18(20)31)10-17(29)30/h1-7H,8-10H2,(H,29,30). The minimum atomic E-state index is -5.07. The molecule has 4 rings (SSSR count). The average Bonchev–Trinajstić information content (AvgIpc) is 3.09. The summed E-state index contributed by atoms with van der Waals surface area (Å²) in [5.41, 5.74) is -2.72. The summed E-state index contributed by atoms with van der Waals surface area (Å²) >= 11 is 0. The van der Waals surface area contributed by atoms with Gasteiger partial charge < -0.3 is 9.84 Å². The highest BCUT2D eigenvalue weighted by Crippen LogP contribution is 2.50. The van der Waals surface area contributed by atoms with E-state index in [1.54, 1.807) is 0 Å². The third-order valence-corrected chi connectivity index (χ3v) is 5.47. The van der Waals surface area contributed by atoms with E-state index in [2.05, 4.69) is 4.74 Å². The highest BCUT2D eigenvalue weighted by Gasteiger charge is 2.64. The molecule has 2 aliphatic heterocycles. The van der Waals surface area contributed by atoms with E-state index in [9.17, 15) is 41.8 Å². The van der Waals surface area contributed by atoms with E-state index in [0.717, 1.165) is 24.3 Å². The number of anilines is 1. The quantitative estimate of drug-likeness (QED) is 0.412. The number of amides is 3. The molecule has 0 aliphatic carbocycles. The molecule has 172 valence electrons. The summed E-state index contributed by atoms with van der Waals surface area (Å²) in [5, 5.41) is 9.18. The molecule has 1 saturated heterocycles. The van der Waals surface area contributed by atoms with Crippen LogP contribution < -0.4 is 9.64 Å². The molecule has 3 amide bonds. The van der Waals surface area contributed by atoms with Gasteiger partial charge in [-0.05, 0) is 24.3 Å². The van der Waals surface area contributed by atoms with Gasteiger partial charge in [0.15, 0.2) is 5.41 Å². The van der Waals surface area contributed by atoms with Crippen molar-refractivity contribution in [3.63, 3.8) is 0 Å². The summed E-state index contributed by atoms with van der Waals surface area (Å²) in [6.45, 7) is -1.39. The number of likely N-dealkylation sites (tertiary alicyclic amines) is 1. The van der Waals surface area contributed by atoms with Crippen molar-refractivity contribution in [2.75, 3.05) is 11.4 Å². The van der Waals surface area contributed by atoms with Gasteiger partial charge in [0.05, 0.1) is 13.0 Å². The molecule has 0 saturated carbocycles. The first-order valence-electron chi connectivity index (χ1n) is 9.46. The number of carbonyl (C=O) groups is 4. The van der Waals surface area contributed by atoms with Crippen LogP contribution in [0.5, 0.6) is 5.75 Å². The first-order valence-corrected chi connectivity index (χ1v) is 9.46. The first kappa shape index (κ1) is 22.2. The zero-order chi connectivity index (χ0) is 24.1. The van der Waals surface area contributed by atoms with Gasteiger partial charge in [-0.25, -0.2) is 4.39 Å². The Morgan fingerprint density at radius 2 is 1.73 bits per heavy atom. The molecule has 1 atom stereocenters. The Bertz CT molecular complexity index is 1200. The molecule has 8 nitrogen and oxygen atoms in total. The van der Waals surface area contributed by atoms with E-state index < -0.39 is 66.5 Å². The van der Waals surface area contributed by atoms with Gasteiger partial charge in [-0.1, -0.05) is 18.2 Å². The lowest BCUT2D eigenvalue weighted by Gasteiger charge is -2.22. The molecule has 0 bridgehead atoms. The molecule has 2 aromatic carbocycles. The number of hydrogen-bond acceptors (Lipinski definition) is 5. The van der Waals surface area contributed by atoms with Crippen LogP contribution in [0, 0.1) is 5.82 Å². The van der Waals surface area contributed by atoms with Gasteiger partial charge in [0.25, 0.3) is 0 Å². The third kappa shape index (κ3) is 3.66. The van der Waals surface area contributed by atoms with Crippen LogP contribution in [0.4, 0.5) is 23.2 Å². The number of ether oxygens (including phenoxy) is 1. The molecule has 0 radical (unpaired) electrons. The zero-order valence-electron chi connectivity index (χ0n) is 16.6. The number of carboxylic acids is 1. The van der Waals surface area contributed by atoms with Crippen LogP contribution in [0.25, 0.3) is 0 Å². The Hall–Kier alpha value is -3.96. The van der Waals surface area contributed by atoms with Gasteiger partial charge >= 0.3 is 12.3 Å². The number of fused-ring (bicyclic) bond motifs is 2. The number of halogens is 4. The van der Waals surface area contributed by atoms with Crippen LogP contribution in [0.15, 0.2) is 42.5 Å². The highest BCUT2D eigenvalue weighted by molar-refractivity contribution is 6.29. The molecule has 12 heteroatoms. The van der Waals surface area contributed by atoms with Gasteiger partial charge in [-0.2, -0.15) is 0 Å². The Kier molecular flexibility index (Phi) is 5.10. The van der Waals surface area contributed by atoms with Crippen LogP contribution in [-0.4, -0.2) is 46.6 Å². The van der Waals surface area contributed by atoms with Crippen LogP contribution in [0.1, 0.15) is 17.5 Å². The predicted octanol–water partition coefficient (Wildman–Crippen LogP) is 2.35. The van der Waals surface area contributed by atoms with E-state index in [-0.39, 0.29) is 16.8 Å². The van der Waals surface area contributed by atoms with Crippen molar-refractivity contribution in [3.8, 4) is 5.75 Å². The number of imide groups is 1. The van der Waals surface area contributed by atoms with Crippen LogP contribution in [0.2, 0.25) is 0 Å². The molecule has 1 spiro atoms. The zero-order valence-corrected chi connectivity index (χ0v) is 16.6. The van der Waals surface area contributed by atoms with Crippen molar-refractivity contribution < 1.29 is 46.6 Å². The van der Waals surface area contributed by atoms with Crippen molar-refractivity contribution in [2.45, 2.75) is 24.7 Å². The van der Waals surface area contributed by atoms with E-state index in [1.807, 2.05) is 0 Å². The summed E-state index contributed by atoms with van der Waals surface area (Å²) in [6.07, 6.45) is -5.82. The Labute approximate surface area is 182 Å². The smallest absolute Gasteiger partial charge is 0.480 e. The summed E-state index contributed by atoms with van der Waals surface area (Å²) in [4.78, 5) is 52.0. The van der Waals surface area contributed by atoms with E-state index in [1.165, 1.54) is 18.2 Å². The van der Waals surface area contributed by atoms with Crippen LogP contribution in [-0.2, 0) is 31.1 Å². The third-order valence-electron chi connectivity index (χ3n) is 5.47. The molecule has 1 unspecified atom stereocenters. The second-order valence-electron chi connectivity index (χ2n) is 7.47. The SMILES string of the molecule is O=C(O)CN1C(=O)C2(CC(=O)N(Cc3ccccc3F)C2=O)c2cc(OC(F)(F)F)ccc21. The molecule has 1 fully saturated rings. The van der Waals surface area contributed by atoms with Crippen LogP contribution >= 0.6 is 0 Å². The number of rotatable bonds is 5. The number of nitrogens with zero attached hydrogens (tertiary/aromatic N) is 2. The van der Waals surface area contributed by atoms with Crippen LogP contribution in [0.3, 0.4) is 0 Å². The maximum atomic E-state index is 14.1. The van der Waals surface area contributed by atoms with E-state index >= 15 is 0 Å². The molecule has 0 aromatic heterocycles. The highest BCUT2D eigenvalue weighted by atomic mass is 19.4. The molecule has 33 heavy (non-hydrogen) atoms. The van der Waals surface area contributed by atoms with E-state index in [4.69, 9.17) is 0 Å². The van der Waals surface area contributed by atoms with Crippen molar-refractivity contribution >= 4 is 29.4 Å². The number of carbonyl (C=O) groups excluding carboxylic acids is 3. The molecule has 2 aliphatic rings. The Balaban J connectivity index is 1.80. The average molecular weight is 466 g/mol. The van der Waals surface area contributed by atoms with Gasteiger partial charge in [0.2, 0.25) is 17.7 Å². The van der Waals surface area contributed by atoms with Gasteiger partial charge in [0.1, 0.15) is 18.1 Å². The molecular weight excluding hydrogens is 452 g/mol. The minimum absolute atomic E-state index is 0.0153. The van der Waals surface area contributed by atoms with Crippen molar-refractivity contribution in [1.82, 2.24) is 4.90 Å². The topological polar surface area (TPSA) is 104 Å². The van der Waals surface area contributed by atoms with Crippen molar-refractivity contribution in [1.29, 1.82) is 0 Å². The number of hydrogen-bond donors (Lipinski definition) is 1. The monoisotopic (exact) mass is 466 g/mol. The second kappa shape index (κ2) is 7.57. The maximum Gasteiger partial charge on any atom is 0.573 e. The lowest BCUT2D eigenvalue weighted by atomic mass is 9.80. The number of alkyl halides is 3. The fraction of sp³-hybridized carbons (Fsp3) is 0.238. The Morgan fingerprint density at radius 3 is 2.36 bits per heavy atom. The summed E-state index contributed by atoms with van der Waals surface area (Å²) in [6, 6.07) is 8.00. The first-order chi connectivity index (χ1) is 15.4. The lowest BCUT2D eigenvalue weighted by molar-refractivity contribution is -0.274. The summed E-state index contributed by atoms with van der Waals surface area (Å²) < 4.78 is 56.1. The summed E-state index contributed by atoms with van der Waals surface area (Å²) in [5.74, 6) is -5.91. The molecule has 2 aromatic rings. The second-order valence-corrected chi connectivity index (χ2v) is 7.47. The predicted molar refractivity (Wildman–Crippen MR) is 101 cm³/mol. The van der Waals surface area contributed by atoms with Crippen molar-refractivity contribution in [2.24, 2.45) is 0 Å². The Morgan fingerprint density at radius 1 is 1.06 bits per heavy atom. The lowest BCUT2D eigenvalue weighted by Crippen LogP contribution is -2.47. The maximum absolute atomic E-state index is 14.1. The number of aliphatic carboxylic acids is 1. The normalized spacial score (nSPS) is 20.1. The summed E-state index contributed by atoms with van der Waals surface area (Å²) in [7, 11) is 0. The van der Waals surface area contributed by atoms with E-state index in [0.29, 0.717) is 9.80 Å². The van der Waals surface area contributed by atoms with Crippen molar-refractivity contribution in [3.05, 3.63) is 59.4 Å². The molecule has 2 heterocycles. The molecular formula is C21H14F4N2O6. The largest absolute Gasteiger partial charge is 0.573 e. The van der Waals surface area contributed by atoms with Gasteiger partial charge in [-0.15, -0.1) is 13.2 Å². The van der Waals surface area contributed by atoms with Gasteiger partial charge in [0, 0.05) is 16.8 Å². The van der Waals surface area contributed by atoms with Gasteiger partial charge in [-0.3, -0.25) is 29.0 Å². The number of carboxylic acid groups (broad SMARTS) is 1.